The van der Waals surface area contributed by atoms with Gasteiger partial charge in [0.05, 0.1) is 16.1 Å². The quantitative estimate of drug-likeness (QED) is 0.549. The first-order valence-corrected chi connectivity index (χ1v) is 11.6. The molecule has 1 fully saturated rings. The topological polar surface area (TPSA) is 130 Å². The van der Waals surface area contributed by atoms with Gasteiger partial charge in [0.2, 0.25) is 20.0 Å². The predicted octanol–water partition coefficient (Wildman–Crippen LogP) is 0.753. The van der Waals surface area contributed by atoms with Gasteiger partial charge in [-0.1, -0.05) is 0 Å². The maximum absolute atomic E-state index is 12.4. The minimum absolute atomic E-state index is 0.192. The Morgan fingerprint density at radius 2 is 1.63 bits per heavy atom. The lowest BCUT2D eigenvalue weighted by molar-refractivity contribution is -0.384. The first kappa shape index (κ1) is 21.5. The fourth-order valence-electron chi connectivity index (χ4n) is 2.81. The number of sulfonamides is 2. The van der Waals surface area contributed by atoms with Gasteiger partial charge in [0.1, 0.15) is 5.69 Å². The molecule has 1 heterocycles. The van der Waals surface area contributed by atoms with Crippen LogP contribution in [-0.4, -0.2) is 64.0 Å². The first-order valence-electron chi connectivity index (χ1n) is 8.23. The van der Waals surface area contributed by atoms with Crippen molar-refractivity contribution in [1.82, 2.24) is 9.03 Å². The number of anilines is 1. The van der Waals surface area contributed by atoms with E-state index in [1.54, 1.807) is 25.7 Å². The Kier molecular flexibility index (Phi) is 5.85. The SMILES string of the molecule is CC(C)(C)NS(=O)(=O)c1ccc(N2CCN(S(C)(=O)=O)CC2)c([N+](=O)[O-])c1. The predicted molar refractivity (Wildman–Crippen MR) is 102 cm³/mol. The summed E-state index contributed by atoms with van der Waals surface area (Å²) in [6.07, 6.45) is 1.12. The number of piperazine rings is 1. The Bertz CT molecular complexity index is 930. The largest absolute Gasteiger partial charge is 0.363 e. The van der Waals surface area contributed by atoms with Gasteiger partial charge in [-0.05, 0) is 32.9 Å². The molecule has 1 N–H and O–H groups in total. The highest BCUT2D eigenvalue weighted by molar-refractivity contribution is 7.89. The molecule has 1 aliphatic heterocycles. The van der Waals surface area contributed by atoms with E-state index in [2.05, 4.69) is 4.72 Å². The van der Waals surface area contributed by atoms with E-state index < -0.39 is 30.5 Å². The second-order valence-corrected chi connectivity index (χ2v) is 11.1. The van der Waals surface area contributed by atoms with E-state index in [9.17, 15) is 26.9 Å². The van der Waals surface area contributed by atoms with Crippen LogP contribution in [0.2, 0.25) is 0 Å². The minimum Gasteiger partial charge on any atom is -0.363 e. The van der Waals surface area contributed by atoms with Crippen molar-refractivity contribution in [3.8, 4) is 0 Å². The zero-order valence-corrected chi connectivity index (χ0v) is 17.3. The molecule has 0 saturated carbocycles. The highest BCUT2D eigenvalue weighted by atomic mass is 32.2. The third-order valence-electron chi connectivity index (χ3n) is 3.94. The minimum atomic E-state index is -3.91. The summed E-state index contributed by atoms with van der Waals surface area (Å²) in [5, 5.41) is 11.5. The Morgan fingerprint density at radius 1 is 1.07 bits per heavy atom. The zero-order chi connectivity index (χ0) is 20.6. The lowest BCUT2D eigenvalue weighted by atomic mass is 10.1. The second-order valence-electron chi connectivity index (χ2n) is 7.41. The Hall–Kier alpha value is -1.76. The first-order chi connectivity index (χ1) is 12.2. The van der Waals surface area contributed by atoms with Gasteiger partial charge in [0.25, 0.3) is 5.69 Å². The van der Waals surface area contributed by atoms with E-state index in [1.807, 2.05) is 0 Å². The molecule has 2 rings (SSSR count). The van der Waals surface area contributed by atoms with Crippen LogP contribution in [0, 0.1) is 10.1 Å². The van der Waals surface area contributed by atoms with Crippen LogP contribution >= 0.6 is 0 Å². The standard InChI is InChI=1S/C15H24N4O6S2/c1-15(2,3)16-27(24,25)12-5-6-13(14(11-12)19(20)21)17-7-9-18(10-8-17)26(4,22)23/h5-6,11,16H,7-10H2,1-4H3. The normalized spacial score (nSPS) is 17.1. The second kappa shape index (κ2) is 7.34. The van der Waals surface area contributed by atoms with Gasteiger partial charge in [-0.25, -0.2) is 21.6 Å². The Morgan fingerprint density at radius 3 is 2.07 bits per heavy atom. The van der Waals surface area contributed by atoms with E-state index in [4.69, 9.17) is 0 Å². The number of nitrogens with one attached hydrogen (secondary N) is 1. The van der Waals surface area contributed by atoms with Crippen molar-refractivity contribution in [2.24, 2.45) is 0 Å². The zero-order valence-electron chi connectivity index (χ0n) is 15.7. The molecule has 0 aromatic heterocycles. The van der Waals surface area contributed by atoms with Crippen LogP contribution in [0.4, 0.5) is 11.4 Å². The van der Waals surface area contributed by atoms with E-state index >= 15 is 0 Å². The summed E-state index contributed by atoms with van der Waals surface area (Å²) in [6, 6.07) is 3.75. The molecule has 0 aliphatic carbocycles. The van der Waals surface area contributed by atoms with Crippen LogP contribution in [-0.2, 0) is 20.0 Å². The lowest BCUT2D eigenvalue weighted by Crippen LogP contribution is -2.48. The Labute approximate surface area is 159 Å². The summed E-state index contributed by atoms with van der Waals surface area (Å²) in [4.78, 5) is 12.4. The highest BCUT2D eigenvalue weighted by Gasteiger charge is 2.30. The molecule has 10 nitrogen and oxygen atoms in total. The van der Waals surface area contributed by atoms with Crippen LogP contribution < -0.4 is 9.62 Å². The molecule has 0 amide bonds. The average Bonchev–Trinajstić information content (AvgIpc) is 2.51. The molecule has 0 unspecified atom stereocenters. The van der Waals surface area contributed by atoms with Crippen LogP contribution in [0.5, 0.6) is 0 Å². The molecule has 1 aliphatic rings. The molecule has 0 spiro atoms. The summed E-state index contributed by atoms with van der Waals surface area (Å²) in [5.74, 6) is 0. The van der Waals surface area contributed by atoms with Gasteiger partial charge in [0.15, 0.2) is 0 Å². The van der Waals surface area contributed by atoms with E-state index in [0.29, 0.717) is 0 Å². The van der Waals surface area contributed by atoms with Gasteiger partial charge in [-0.3, -0.25) is 10.1 Å². The number of nitro benzene ring substituents is 1. The molecule has 27 heavy (non-hydrogen) atoms. The maximum Gasteiger partial charge on any atom is 0.293 e. The number of rotatable bonds is 5. The van der Waals surface area contributed by atoms with E-state index in [-0.39, 0.29) is 42.4 Å². The Balaban J connectivity index is 2.34. The summed E-state index contributed by atoms with van der Waals surface area (Å²) in [7, 11) is -7.23. The van der Waals surface area contributed by atoms with Crippen LogP contribution in [0.25, 0.3) is 0 Å². The number of nitro groups is 1. The van der Waals surface area contributed by atoms with Gasteiger partial charge in [0, 0.05) is 37.8 Å². The van der Waals surface area contributed by atoms with Crippen molar-refractivity contribution in [3.05, 3.63) is 28.3 Å². The average molecular weight is 421 g/mol. The number of nitrogens with zero attached hydrogens (tertiary/aromatic N) is 3. The van der Waals surface area contributed by atoms with Crippen molar-refractivity contribution in [2.75, 3.05) is 37.3 Å². The number of hydrogen-bond acceptors (Lipinski definition) is 7. The molecule has 1 aromatic rings. The monoisotopic (exact) mass is 420 g/mol. The molecular weight excluding hydrogens is 396 g/mol. The van der Waals surface area contributed by atoms with Gasteiger partial charge in [-0.2, -0.15) is 4.31 Å². The fourth-order valence-corrected chi connectivity index (χ4v) is 5.07. The highest BCUT2D eigenvalue weighted by Crippen LogP contribution is 2.32. The van der Waals surface area contributed by atoms with Crippen LogP contribution in [0.3, 0.4) is 0 Å². The summed E-state index contributed by atoms with van der Waals surface area (Å²) < 4.78 is 51.9. The molecule has 1 aromatic carbocycles. The third-order valence-corrected chi connectivity index (χ3v) is 7.00. The molecule has 12 heteroatoms. The molecule has 0 atom stereocenters. The van der Waals surface area contributed by atoms with E-state index in [1.165, 1.54) is 16.4 Å². The van der Waals surface area contributed by atoms with Crippen LogP contribution in [0.15, 0.2) is 23.1 Å². The van der Waals surface area contributed by atoms with Crippen molar-refractivity contribution in [1.29, 1.82) is 0 Å². The summed E-state index contributed by atoms with van der Waals surface area (Å²) >= 11 is 0. The van der Waals surface area contributed by atoms with E-state index in [0.717, 1.165) is 12.3 Å². The molecular formula is C15H24N4O6S2. The summed E-state index contributed by atoms with van der Waals surface area (Å²) in [6.45, 7) is 6.00. The molecule has 0 radical (unpaired) electrons. The van der Waals surface area contributed by atoms with Gasteiger partial charge < -0.3 is 4.90 Å². The van der Waals surface area contributed by atoms with Gasteiger partial charge in [-0.15, -0.1) is 0 Å². The number of benzene rings is 1. The molecule has 152 valence electrons. The van der Waals surface area contributed by atoms with Gasteiger partial charge >= 0.3 is 0 Å². The van der Waals surface area contributed by atoms with Crippen molar-refractivity contribution in [2.45, 2.75) is 31.2 Å². The van der Waals surface area contributed by atoms with Crippen LogP contribution in [0.1, 0.15) is 20.8 Å². The van der Waals surface area contributed by atoms with Crippen molar-refractivity contribution in [3.63, 3.8) is 0 Å². The lowest BCUT2D eigenvalue weighted by Gasteiger charge is -2.34. The fraction of sp³-hybridized carbons (Fsp3) is 0.600. The third kappa shape index (κ3) is 5.37. The smallest absolute Gasteiger partial charge is 0.293 e. The molecule has 1 saturated heterocycles. The molecule has 0 bridgehead atoms. The summed E-state index contributed by atoms with van der Waals surface area (Å²) in [5.41, 5.74) is -0.795. The van der Waals surface area contributed by atoms with Crippen molar-refractivity contribution >= 4 is 31.4 Å². The maximum atomic E-state index is 12.4. The van der Waals surface area contributed by atoms with Crippen molar-refractivity contribution < 1.29 is 21.8 Å². The number of hydrogen-bond donors (Lipinski definition) is 1.